The van der Waals surface area contributed by atoms with Gasteiger partial charge in [0.2, 0.25) is 0 Å². The molecule has 0 spiro atoms. The number of hydrogen-bond acceptors (Lipinski definition) is 2. The van der Waals surface area contributed by atoms with Crippen molar-refractivity contribution < 1.29 is 18.0 Å². The Bertz CT molecular complexity index is 675. The van der Waals surface area contributed by atoms with Crippen LogP contribution in [0.2, 0.25) is 0 Å². The van der Waals surface area contributed by atoms with Crippen LogP contribution < -0.4 is 0 Å². The van der Waals surface area contributed by atoms with Crippen molar-refractivity contribution in [1.82, 2.24) is 0 Å². The van der Waals surface area contributed by atoms with E-state index in [1.807, 2.05) is 24.3 Å². The van der Waals surface area contributed by atoms with Gasteiger partial charge >= 0.3 is 6.18 Å². The highest BCUT2D eigenvalue weighted by Gasteiger charge is 2.30. The lowest BCUT2D eigenvalue weighted by Gasteiger charge is -2.08. The fourth-order valence-electron chi connectivity index (χ4n) is 2.03. The maximum atomic E-state index is 12.6. The lowest BCUT2D eigenvalue weighted by Crippen LogP contribution is -2.08. The number of Topliss-reactive ketones (excluding diaryl/α,β-unsaturated/α-hetero) is 1. The molecule has 0 fully saturated rings. The Morgan fingerprint density at radius 2 is 1.77 bits per heavy atom. The summed E-state index contributed by atoms with van der Waals surface area (Å²) in [5.74, 6) is -0.301. The largest absolute Gasteiger partial charge is 0.416 e. The first-order valence-electron chi connectivity index (χ1n) is 6.65. The van der Waals surface area contributed by atoms with E-state index in [4.69, 9.17) is 12.2 Å². The van der Waals surface area contributed by atoms with Gasteiger partial charge in [-0.15, -0.1) is 0 Å². The number of alkyl halides is 3. The van der Waals surface area contributed by atoms with Crippen LogP contribution in [0, 0.1) is 0 Å². The van der Waals surface area contributed by atoms with Crippen LogP contribution in [0.25, 0.3) is 0 Å². The third kappa shape index (κ3) is 4.24. The van der Waals surface area contributed by atoms with Gasteiger partial charge in [0.1, 0.15) is 0 Å². The SMILES string of the molecule is O=C(CCc1ccc(C=S)cc1)c1cccc(C(F)(F)F)c1. The molecule has 0 atom stereocenters. The number of benzene rings is 2. The molecular weight excluding hydrogens is 309 g/mol. The van der Waals surface area contributed by atoms with Crippen LogP contribution in [0.3, 0.4) is 0 Å². The number of halogens is 3. The molecule has 0 saturated carbocycles. The van der Waals surface area contributed by atoms with Crippen molar-refractivity contribution in [3.63, 3.8) is 0 Å². The highest BCUT2D eigenvalue weighted by atomic mass is 32.1. The molecule has 5 heteroatoms. The fraction of sp³-hybridized carbons (Fsp3) is 0.176. The van der Waals surface area contributed by atoms with Crippen LogP contribution in [0.5, 0.6) is 0 Å². The lowest BCUT2D eigenvalue weighted by atomic mass is 10.0. The lowest BCUT2D eigenvalue weighted by molar-refractivity contribution is -0.137. The second-order valence-electron chi connectivity index (χ2n) is 4.86. The molecule has 0 bridgehead atoms. The predicted molar refractivity (Wildman–Crippen MR) is 83.3 cm³/mol. The molecule has 2 aromatic carbocycles. The predicted octanol–water partition coefficient (Wildman–Crippen LogP) is 4.87. The Balaban J connectivity index is 2.04. The standard InChI is InChI=1S/C17H13F3OS/c18-17(19,20)15-3-1-2-14(10-15)16(21)9-8-12-4-6-13(11-22)7-5-12/h1-7,10-11H,8-9H2. The van der Waals surface area contributed by atoms with E-state index in [2.05, 4.69) is 0 Å². The summed E-state index contributed by atoms with van der Waals surface area (Å²) in [5.41, 5.74) is 1.14. The van der Waals surface area contributed by atoms with Crippen molar-refractivity contribution in [3.05, 3.63) is 70.8 Å². The van der Waals surface area contributed by atoms with Gasteiger partial charge < -0.3 is 0 Å². The van der Waals surface area contributed by atoms with E-state index < -0.39 is 11.7 Å². The average Bonchev–Trinajstić information content (AvgIpc) is 2.52. The van der Waals surface area contributed by atoms with Gasteiger partial charge in [-0.25, -0.2) is 0 Å². The summed E-state index contributed by atoms with van der Waals surface area (Å²) < 4.78 is 37.9. The highest BCUT2D eigenvalue weighted by Crippen LogP contribution is 2.29. The van der Waals surface area contributed by atoms with E-state index in [1.165, 1.54) is 12.1 Å². The summed E-state index contributed by atoms with van der Waals surface area (Å²) >= 11 is 4.80. The number of carbonyl (C=O) groups is 1. The van der Waals surface area contributed by atoms with Crippen molar-refractivity contribution in [3.8, 4) is 0 Å². The first-order valence-corrected chi connectivity index (χ1v) is 7.12. The second-order valence-corrected chi connectivity index (χ2v) is 5.10. The van der Waals surface area contributed by atoms with Crippen LogP contribution in [0.1, 0.15) is 33.5 Å². The molecule has 0 aliphatic rings. The minimum Gasteiger partial charge on any atom is -0.294 e. The van der Waals surface area contributed by atoms with Gasteiger partial charge in [0.15, 0.2) is 5.78 Å². The van der Waals surface area contributed by atoms with E-state index in [0.717, 1.165) is 23.3 Å². The second kappa shape index (κ2) is 6.83. The van der Waals surface area contributed by atoms with Gasteiger partial charge in [0.05, 0.1) is 5.56 Å². The number of carbonyl (C=O) groups excluding carboxylic acids is 1. The minimum absolute atomic E-state index is 0.0883. The molecule has 22 heavy (non-hydrogen) atoms. The van der Waals surface area contributed by atoms with Crippen LogP contribution in [0.4, 0.5) is 13.2 Å². The molecule has 1 nitrogen and oxygen atoms in total. The number of thiocarbonyl (C=S) groups is 1. The molecule has 0 N–H and O–H groups in total. The molecule has 0 amide bonds. The van der Waals surface area contributed by atoms with Crippen molar-refractivity contribution in [1.29, 1.82) is 0 Å². The van der Waals surface area contributed by atoms with Crippen LogP contribution in [-0.4, -0.2) is 11.2 Å². The Hall–Kier alpha value is -2.01. The molecular formula is C17H13F3OS. The summed E-state index contributed by atoms with van der Waals surface area (Å²) in [6.07, 6.45) is -3.79. The quantitative estimate of drug-likeness (QED) is 0.577. The van der Waals surface area contributed by atoms with E-state index in [0.29, 0.717) is 6.42 Å². The Morgan fingerprint density at radius 1 is 1.09 bits per heavy atom. The van der Waals surface area contributed by atoms with Gasteiger partial charge in [-0.3, -0.25) is 4.79 Å². The molecule has 0 aliphatic carbocycles. The maximum absolute atomic E-state index is 12.6. The molecule has 2 aromatic rings. The zero-order valence-corrected chi connectivity index (χ0v) is 12.4. The normalized spacial score (nSPS) is 11.2. The molecule has 0 aromatic heterocycles. The fourth-order valence-corrected chi connectivity index (χ4v) is 2.19. The van der Waals surface area contributed by atoms with E-state index in [1.54, 1.807) is 5.37 Å². The van der Waals surface area contributed by atoms with Gasteiger partial charge in [-0.2, -0.15) is 13.2 Å². The van der Waals surface area contributed by atoms with E-state index >= 15 is 0 Å². The third-order valence-corrected chi connectivity index (χ3v) is 3.54. The van der Waals surface area contributed by atoms with Gasteiger partial charge in [0.25, 0.3) is 0 Å². The molecule has 114 valence electrons. The number of aryl methyl sites for hydroxylation is 1. The monoisotopic (exact) mass is 322 g/mol. The zero-order chi connectivity index (χ0) is 16.2. The summed E-state index contributed by atoms with van der Waals surface area (Å²) in [6.45, 7) is 0. The summed E-state index contributed by atoms with van der Waals surface area (Å²) in [4.78, 5) is 12.0. The number of hydrogen-bond donors (Lipinski definition) is 0. The number of rotatable bonds is 5. The van der Waals surface area contributed by atoms with Crippen molar-refractivity contribution >= 4 is 23.4 Å². The highest BCUT2D eigenvalue weighted by molar-refractivity contribution is 7.79. The van der Waals surface area contributed by atoms with E-state index in [-0.39, 0.29) is 17.8 Å². The maximum Gasteiger partial charge on any atom is 0.416 e. The summed E-state index contributed by atoms with van der Waals surface area (Å²) in [7, 11) is 0. The van der Waals surface area contributed by atoms with Crippen LogP contribution in [0.15, 0.2) is 48.5 Å². The van der Waals surface area contributed by atoms with Crippen LogP contribution in [-0.2, 0) is 12.6 Å². The first kappa shape index (κ1) is 16.4. The molecule has 0 radical (unpaired) electrons. The van der Waals surface area contributed by atoms with Gasteiger partial charge in [0, 0.05) is 17.4 Å². The molecule has 0 heterocycles. The van der Waals surface area contributed by atoms with Crippen LogP contribution >= 0.6 is 12.2 Å². The summed E-state index contributed by atoms with van der Waals surface area (Å²) in [6, 6.07) is 11.9. The van der Waals surface area contributed by atoms with Crippen molar-refractivity contribution in [2.45, 2.75) is 19.0 Å². The minimum atomic E-state index is -4.44. The Labute approximate surface area is 131 Å². The first-order chi connectivity index (χ1) is 10.4. The smallest absolute Gasteiger partial charge is 0.294 e. The Kier molecular flexibility index (Phi) is 5.08. The average molecular weight is 322 g/mol. The van der Waals surface area contributed by atoms with E-state index in [9.17, 15) is 18.0 Å². The zero-order valence-electron chi connectivity index (χ0n) is 11.6. The van der Waals surface area contributed by atoms with Gasteiger partial charge in [-0.05, 0) is 29.7 Å². The molecule has 2 rings (SSSR count). The van der Waals surface area contributed by atoms with Crippen molar-refractivity contribution in [2.75, 3.05) is 0 Å². The Morgan fingerprint density at radius 3 is 2.36 bits per heavy atom. The van der Waals surface area contributed by atoms with Gasteiger partial charge in [-0.1, -0.05) is 48.6 Å². The summed E-state index contributed by atoms with van der Waals surface area (Å²) in [5, 5.41) is 1.55. The molecule has 0 unspecified atom stereocenters. The topological polar surface area (TPSA) is 17.1 Å². The van der Waals surface area contributed by atoms with Crippen molar-refractivity contribution in [2.24, 2.45) is 0 Å². The number of ketones is 1. The molecule has 0 saturated heterocycles. The molecule has 0 aliphatic heterocycles. The third-order valence-electron chi connectivity index (χ3n) is 3.27.